The van der Waals surface area contributed by atoms with Gasteiger partial charge < -0.3 is 9.47 Å². The Labute approximate surface area is 146 Å². The first kappa shape index (κ1) is 20.9. The van der Waals surface area contributed by atoms with Crippen LogP contribution in [0.2, 0.25) is 0 Å². The molecule has 3 atom stereocenters. The first-order valence-corrected chi connectivity index (χ1v) is 9.74. The number of esters is 2. The van der Waals surface area contributed by atoms with Crippen molar-refractivity contribution in [2.45, 2.75) is 84.8 Å². The van der Waals surface area contributed by atoms with Crippen molar-refractivity contribution in [2.75, 3.05) is 13.2 Å². The smallest absolute Gasteiger partial charge is 0.314 e. The number of unbranched alkanes of at least 4 members (excludes halogenated alkanes) is 3. The van der Waals surface area contributed by atoms with Crippen molar-refractivity contribution >= 4 is 11.9 Å². The molecule has 5 heteroatoms. The summed E-state index contributed by atoms with van der Waals surface area (Å²) in [6, 6.07) is 0. The van der Waals surface area contributed by atoms with Crippen LogP contribution in [-0.4, -0.2) is 31.3 Å². The summed E-state index contributed by atoms with van der Waals surface area (Å²) in [6.45, 7) is 7.19. The summed E-state index contributed by atoms with van der Waals surface area (Å²) in [5.74, 6) is -0.872. The van der Waals surface area contributed by atoms with Gasteiger partial charge in [0.1, 0.15) is 5.92 Å². The van der Waals surface area contributed by atoms with E-state index in [0.717, 1.165) is 45.1 Å². The SMILES string of the molecule is CCCCCC[C@@H](CCC)C(=O)OC1NCCCC1C(=O)OCC. The maximum Gasteiger partial charge on any atom is 0.314 e. The van der Waals surface area contributed by atoms with Crippen molar-refractivity contribution in [3.63, 3.8) is 0 Å². The van der Waals surface area contributed by atoms with Gasteiger partial charge in [-0.05, 0) is 39.2 Å². The first-order valence-electron chi connectivity index (χ1n) is 9.74. The van der Waals surface area contributed by atoms with Crippen molar-refractivity contribution in [1.29, 1.82) is 0 Å². The Morgan fingerprint density at radius 2 is 1.88 bits per heavy atom. The van der Waals surface area contributed by atoms with Gasteiger partial charge in [0.05, 0.1) is 12.5 Å². The van der Waals surface area contributed by atoms with E-state index >= 15 is 0 Å². The topological polar surface area (TPSA) is 64.6 Å². The lowest BCUT2D eigenvalue weighted by molar-refractivity contribution is -0.169. The van der Waals surface area contributed by atoms with Gasteiger partial charge in [-0.15, -0.1) is 0 Å². The third-order valence-electron chi connectivity index (χ3n) is 4.61. The maximum absolute atomic E-state index is 12.6. The summed E-state index contributed by atoms with van der Waals surface area (Å²) in [5, 5.41) is 3.17. The van der Waals surface area contributed by atoms with Crippen LogP contribution >= 0.6 is 0 Å². The molecule has 24 heavy (non-hydrogen) atoms. The molecule has 0 amide bonds. The van der Waals surface area contributed by atoms with Gasteiger partial charge in [0.15, 0.2) is 6.23 Å². The van der Waals surface area contributed by atoms with E-state index in [4.69, 9.17) is 9.47 Å². The van der Waals surface area contributed by atoms with Crippen LogP contribution in [0.3, 0.4) is 0 Å². The normalized spacial score (nSPS) is 22.0. The summed E-state index contributed by atoms with van der Waals surface area (Å²) < 4.78 is 10.8. The fourth-order valence-electron chi connectivity index (χ4n) is 3.24. The lowest BCUT2D eigenvalue weighted by Gasteiger charge is -2.31. The largest absolute Gasteiger partial charge is 0.466 e. The average molecular weight is 341 g/mol. The summed E-state index contributed by atoms with van der Waals surface area (Å²) in [5.41, 5.74) is 0. The van der Waals surface area contributed by atoms with Crippen molar-refractivity contribution < 1.29 is 19.1 Å². The second-order valence-electron chi connectivity index (χ2n) is 6.65. The van der Waals surface area contributed by atoms with Gasteiger partial charge in [-0.2, -0.15) is 0 Å². The molecule has 5 nitrogen and oxygen atoms in total. The predicted octanol–water partition coefficient (Wildman–Crippen LogP) is 3.81. The molecule has 0 aliphatic carbocycles. The van der Waals surface area contributed by atoms with E-state index in [-0.39, 0.29) is 23.8 Å². The van der Waals surface area contributed by atoms with Crippen molar-refractivity contribution in [3.8, 4) is 0 Å². The quantitative estimate of drug-likeness (QED) is 0.457. The molecule has 1 aliphatic heterocycles. The van der Waals surface area contributed by atoms with E-state index in [1.807, 2.05) is 0 Å². The van der Waals surface area contributed by atoms with Crippen molar-refractivity contribution in [2.24, 2.45) is 11.8 Å². The van der Waals surface area contributed by atoms with Crippen LogP contribution in [0, 0.1) is 11.8 Å². The molecule has 0 radical (unpaired) electrons. The minimum atomic E-state index is -0.541. The Morgan fingerprint density at radius 1 is 1.08 bits per heavy atom. The lowest BCUT2D eigenvalue weighted by Crippen LogP contribution is -2.48. The Kier molecular flexibility index (Phi) is 10.7. The van der Waals surface area contributed by atoms with E-state index in [2.05, 4.69) is 19.2 Å². The van der Waals surface area contributed by atoms with Gasteiger partial charge in [-0.3, -0.25) is 14.9 Å². The van der Waals surface area contributed by atoms with E-state index in [1.165, 1.54) is 12.8 Å². The molecule has 0 aromatic carbocycles. The van der Waals surface area contributed by atoms with Crippen LogP contribution in [0.4, 0.5) is 0 Å². The van der Waals surface area contributed by atoms with Crippen LogP contribution in [0.15, 0.2) is 0 Å². The van der Waals surface area contributed by atoms with Crippen LogP contribution in [0.25, 0.3) is 0 Å². The molecule has 1 heterocycles. The predicted molar refractivity (Wildman–Crippen MR) is 94.4 cm³/mol. The third-order valence-corrected chi connectivity index (χ3v) is 4.61. The molecule has 2 unspecified atom stereocenters. The molecule has 0 aromatic rings. The number of piperidine rings is 1. The highest BCUT2D eigenvalue weighted by Crippen LogP contribution is 2.23. The van der Waals surface area contributed by atoms with Crippen molar-refractivity contribution in [1.82, 2.24) is 5.32 Å². The minimum absolute atomic E-state index is 0.0570. The summed E-state index contributed by atoms with van der Waals surface area (Å²) in [6.07, 6.45) is 8.38. The van der Waals surface area contributed by atoms with Crippen LogP contribution in [0.1, 0.15) is 78.6 Å². The minimum Gasteiger partial charge on any atom is -0.466 e. The van der Waals surface area contributed by atoms with Gasteiger partial charge in [0, 0.05) is 0 Å². The molecule has 0 aromatic heterocycles. The van der Waals surface area contributed by atoms with Gasteiger partial charge >= 0.3 is 11.9 Å². The maximum atomic E-state index is 12.6. The zero-order valence-corrected chi connectivity index (χ0v) is 15.6. The van der Waals surface area contributed by atoms with E-state index < -0.39 is 6.23 Å². The monoisotopic (exact) mass is 341 g/mol. The molecule has 1 rings (SSSR count). The van der Waals surface area contributed by atoms with Crippen molar-refractivity contribution in [3.05, 3.63) is 0 Å². The van der Waals surface area contributed by atoms with Gasteiger partial charge in [0.2, 0.25) is 0 Å². The molecule has 1 aliphatic rings. The van der Waals surface area contributed by atoms with E-state index in [9.17, 15) is 9.59 Å². The van der Waals surface area contributed by atoms with Crippen LogP contribution < -0.4 is 5.32 Å². The molecular formula is C19H35NO4. The lowest BCUT2D eigenvalue weighted by atomic mass is 9.95. The Morgan fingerprint density at radius 3 is 2.54 bits per heavy atom. The molecule has 1 fully saturated rings. The fraction of sp³-hybridized carbons (Fsp3) is 0.895. The Balaban J connectivity index is 2.57. The highest BCUT2D eigenvalue weighted by molar-refractivity contribution is 5.75. The molecule has 0 spiro atoms. The molecule has 140 valence electrons. The number of rotatable bonds is 11. The summed E-state index contributed by atoms with van der Waals surface area (Å²) >= 11 is 0. The highest BCUT2D eigenvalue weighted by Gasteiger charge is 2.35. The van der Waals surface area contributed by atoms with Crippen LogP contribution in [0.5, 0.6) is 0 Å². The van der Waals surface area contributed by atoms with Gasteiger partial charge in [-0.25, -0.2) is 0 Å². The first-order chi connectivity index (χ1) is 11.6. The zero-order chi connectivity index (χ0) is 17.8. The van der Waals surface area contributed by atoms with E-state index in [1.54, 1.807) is 6.92 Å². The second kappa shape index (κ2) is 12.3. The van der Waals surface area contributed by atoms with Crippen LogP contribution in [-0.2, 0) is 19.1 Å². The molecule has 0 saturated carbocycles. The fourth-order valence-corrected chi connectivity index (χ4v) is 3.24. The van der Waals surface area contributed by atoms with Gasteiger partial charge in [-0.1, -0.05) is 46.0 Å². The van der Waals surface area contributed by atoms with Gasteiger partial charge in [0.25, 0.3) is 0 Å². The molecule has 1 saturated heterocycles. The Hall–Kier alpha value is -1.10. The number of nitrogens with one attached hydrogen (secondary N) is 1. The molecular weight excluding hydrogens is 306 g/mol. The summed E-state index contributed by atoms with van der Waals surface area (Å²) in [7, 11) is 0. The zero-order valence-electron chi connectivity index (χ0n) is 15.6. The second-order valence-corrected chi connectivity index (χ2v) is 6.65. The number of carbonyl (C=O) groups excluding carboxylic acids is 2. The number of hydrogen-bond acceptors (Lipinski definition) is 5. The number of ether oxygens (including phenoxy) is 2. The standard InChI is InChI=1S/C19H35NO4/c1-4-7-8-9-12-15(11-5-2)18(21)24-17-16(13-10-14-20-17)19(22)23-6-3/h15-17,20H,4-14H2,1-3H3/t15-,16?,17?/m1/s1. The summed E-state index contributed by atoms with van der Waals surface area (Å²) in [4.78, 5) is 24.7. The highest BCUT2D eigenvalue weighted by atomic mass is 16.6. The number of carbonyl (C=O) groups is 2. The third kappa shape index (κ3) is 7.20. The average Bonchev–Trinajstić information content (AvgIpc) is 2.58. The molecule has 0 bridgehead atoms. The Bertz CT molecular complexity index is 372. The number of hydrogen-bond donors (Lipinski definition) is 1. The molecule has 1 N–H and O–H groups in total. The van der Waals surface area contributed by atoms with E-state index in [0.29, 0.717) is 13.0 Å².